The lowest BCUT2D eigenvalue weighted by atomic mass is 10.4. The molecule has 0 aliphatic heterocycles. The smallest absolute Gasteiger partial charge is 0.207 e. The summed E-state index contributed by atoms with van der Waals surface area (Å²) < 4.78 is 25.6. The van der Waals surface area contributed by atoms with Crippen LogP contribution in [0.5, 0.6) is 0 Å². The van der Waals surface area contributed by atoms with E-state index in [4.69, 9.17) is 6.42 Å². The summed E-state index contributed by atoms with van der Waals surface area (Å²) in [7, 11) is -2.03. The summed E-state index contributed by atoms with van der Waals surface area (Å²) >= 11 is 3.19. The van der Waals surface area contributed by atoms with Crippen molar-refractivity contribution in [3.05, 3.63) is 28.7 Å². The number of terminal acetylenes is 1. The van der Waals surface area contributed by atoms with Gasteiger partial charge in [-0.25, -0.2) is 8.42 Å². The van der Waals surface area contributed by atoms with Crippen LogP contribution >= 0.6 is 15.9 Å². The second kappa shape index (κ2) is 4.79. The fourth-order valence-corrected chi connectivity index (χ4v) is 3.08. The van der Waals surface area contributed by atoms with E-state index in [1.54, 1.807) is 18.2 Å². The zero-order valence-corrected chi connectivity index (χ0v) is 10.5. The molecule has 0 bridgehead atoms. The number of nitrogens with zero attached hydrogens (tertiary/aromatic N) is 1. The Balaban J connectivity index is 3.19. The summed E-state index contributed by atoms with van der Waals surface area (Å²) in [6.45, 7) is 0.0592. The first-order valence-corrected chi connectivity index (χ1v) is 6.38. The topological polar surface area (TPSA) is 37.4 Å². The van der Waals surface area contributed by atoms with E-state index in [0.717, 1.165) is 4.31 Å². The van der Waals surface area contributed by atoms with Gasteiger partial charge in [0, 0.05) is 11.5 Å². The minimum Gasteiger partial charge on any atom is -0.207 e. The molecule has 0 saturated heterocycles. The second-order valence-corrected chi connectivity index (χ2v) is 5.76. The van der Waals surface area contributed by atoms with Crippen LogP contribution in [-0.2, 0) is 10.0 Å². The highest BCUT2D eigenvalue weighted by Crippen LogP contribution is 2.23. The first-order chi connectivity index (χ1) is 7.00. The number of rotatable bonds is 3. The van der Waals surface area contributed by atoms with Gasteiger partial charge in [0.2, 0.25) is 10.0 Å². The van der Waals surface area contributed by atoms with Gasteiger partial charge in [0.25, 0.3) is 0 Å². The van der Waals surface area contributed by atoms with E-state index in [1.165, 1.54) is 13.1 Å². The predicted molar refractivity (Wildman–Crippen MR) is 62.8 cm³/mol. The largest absolute Gasteiger partial charge is 0.244 e. The zero-order valence-electron chi connectivity index (χ0n) is 8.14. The Morgan fingerprint density at radius 2 is 2.07 bits per heavy atom. The van der Waals surface area contributed by atoms with E-state index in [1.807, 2.05) is 0 Å². The monoisotopic (exact) mass is 287 g/mol. The molecule has 1 rings (SSSR count). The van der Waals surface area contributed by atoms with Crippen molar-refractivity contribution in [2.75, 3.05) is 13.6 Å². The first kappa shape index (κ1) is 12.2. The van der Waals surface area contributed by atoms with Gasteiger partial charge in [0.05, 0.1) is 11.4 Å². The lowest BCUT2D eigenvalue weighted by molar-refractivity contribution is 0.502. The van der Waals surface area contributed by atoms with Gasteiger partial charge < -0.3 is 0 Å². The summed E-state index contributed by atoms with van der Waals surface area (Å²) in [5.41, 5.74) is 0. The maximum absolute atomic E-state index is 11.9. The zero-order chi connectivity index (χ0) is 11.5. The fraction of sp³-hybridized carbons (Fsp3) is 0.200. The average Bonchev–Trinajstić information content (AvgIpc) is 2.18. The summed E-state index contributed by atoms with van der Waals surface area (Å²) in [5.74, 6) is 2.29. The van der Waals surface area contributed by atoms with E-state index in [2.05, 4.69) is 21.9 Å². The summed E-state index contributed by atoms with van der Waals surface area (Å²) in [5, 5.41) is 0. The van der Waals surface area contributed by atoms with Crippen LogP contribution in [0.1, 0.15) is 0 Å². The highest BCUT2D eigenvalue weighted by molar-refractivity contribution is 9.10. The van der Waals surface area contributed by atoms with Crippen LogP contribution in [0.3, 0.4) is 0 Å². The maximum atomic E-state index is 11.9. The maximum Gasteiger partial charge on any atom is 0.244 e. The average molecular weight is 288 g/mol. The molecule has 0 heterocycles. The molecule has 0 spiro atoms. The van der Waals surface area contributed by atoms with Crippen molar-refractivity contribution in [3.8, 4) is 12.3 Å². The summed E-state index contributed by atoms with van der Waals surface area (Å²) in [6, 6.07) is 6.63. The molecule has 0 aromatic heterocycles. The molecule has 0 aliphatic rings. The molecule has 5 heteroatoms. The number of hydrogen-bond acceptors (Lipinski definition) is 2. The Hall–Kier alpha value is -0.830. The lowest BCUT2D eigenvalue weighted by Gasteiger charge is -2.15. The van der Waals surface area contributed by atoms with Gasteiger partial charge in [-0.1, -0.05) is 18.1 Å². The van der Waals surface area contributed by atoms with Crippen molar-refractivity contribution in [1.82, 2.24) is 4.31 Å². The van der Waals surface area contributed by atoms with Gasteiger partial charge >= 0.3 is 0 Å². The van der Waals surface area contributed by atoms with Crippen LogP contribution in [0.15, 0.2) is 33.6 Å². The van der Waals surface area contributed by atoms with E-state index in [-0.39, 0.29) is 11.4 Å². The number of hydrogen-bond donors (Lipinski definition) is 0. The van der Waals surface area contributed by atoms with Crippen molar-refractivity contribution < 1.29 is 8.42 Å². The Morgan fingerprint density at radius 3 is 2.60 bits per heavy atom. The third kappa shape index (κ3) is 2.59. The number of sulfonamides is 1. The number of halogens is 1. The molecule has 80 valence electrons. The molecule has 0 radical (unpaired) electrons. The number of benzene rings is 1. The Kier molecular flexibility index (Phi) is 3.91. The molecule has 3 nitrogen and oxygen atoms in total. The molecule has 0 fully saturated rings. The van der Waals surface area contributed by atoms with Crippen LogP contribution in [0, 0.1) is 12.3 Å². The van der Waals surface area contributed by atoms with Gasteiger partial charge in [0.15, 0.2) is 0 Å². The van der Waals surface area contributed by atoms with Crippen molar-refractivity contribution in [2.24, 2.45) is 0 Å². The van der Waals surface area contributed by atoms with Gasteiger partial charge in [-0.05, 0) is 28.1 Å². The van der Waals surface area contributed by atoms with Gasteiger partial charge in [-0.2, -0.15) is 4.31 Å². The van der Waals surface area contributed by atoms with Gasteiger partial charge in [0.1, 0.15) is 0 Å². The molecule has 1 aromatic carbocycles. The van der Waals surface area contributed by atoms with Crippen LogP contribution in [0.2, 0.25) is 0 Å². The van der Waals surface area contributed by atoms with Crippen LogP contribution in [0.4, 0.5) is 0 Å². The summed E-state index contributed by atoms with van der Waals surface area (Å²) in [6.07, 6.45) is 5.07. The molecule has 1 aromatic rings. The van der Waals surface area contributed by atoms with E-state index in [0.29, 0.717) is 4.47 Å². The molecule has 0 aliphatic carbocycles. The van der Waals surface area contributed by atoms with Gasteiger partial charge in [-0.15, -0.1) is 6.42 Å². The van der Waals surface area contributed by atoms with E-state index in [9.17, 15) is 8.42 Å². The second-order valence-electron chi connectivity index (χ2n) is 2.90. The highest BCUT2D eigenvalue weighted by Gasteiger charge is 2.21. The van der Waals surface area contributed by atoms with Crippen molar-refractivity contribution >= 4 is 26.0 Å². The molecule has 0 unspecified atom stereocenters. The third-order valence-corrected chi connectivity index (χ3v) is 4.65. The molecular formula is C10H10BrNO2S. The van der Waals surface area contributed by atoms with Crippen LogP contribution < -0.4 is 0 Å². The minimum atomic E-state index is -3.49. The van der Waals surface area contributed by atoms with Crippen LogP contribution in [-0.4, -0.2) is 26.3 Å². The van der Waals surface area contributed by atoms with Crippen molar-refractivity contribution in [1.29, 1.82) is 0 Å². The Bertz CT molecular complexity index is 490. The Morgan fingerprint density at radius 1 is 1.47 bits per heavy atom. The van der Waals surface area contributed by atoms with Gasteiger partial charge in [-0.3, -0.25) is 0 Å². The quantitative estimate of drug-likeness (QED) is 0.794. The highest BCUT2D eigenvalue weighted by atomic mass is 79.9. The van der Waals surface area contributed by atoms with Crippen molar-refractivity contribution in [3.63, 3.8) is 0 Å². The Labute approximate surface area is 98.3 Å². The molecule has 0 N–H and O–H groups in total. The first-order valence-electron chi connectivity index (χ1n) is 4.14. The SMILES string of the molecule is C#CCN(C)S(=O)(=O)c1ccccc1Br. The summed E-state index contributed by atoms with van der Waals surface area (Å²) in [4.78, 5) is 0.225. The normalized spacial score (nSPS) is 11.3. The van der Waals surface area contributed by atoms with Crippen LogP contribution in [0.25, 0.3) is 0 Å². The van der Waals surface area contributed by atoms with E-state index >= 15 is 0 Å². The standard InChI is InChI=1S/C10H10BrNO2S/c1-3-8-12(2)15(13,14)10-7-5-4-6-9(10)11/h1,4-7H,8H2,2H3. The minimum absolute atomic E-state index is 0.0592. The van der Waals surface area contributed by atoms with E-state index < -0.39 is 10.0 Å². The fourth-order valence-electron chi connectivity index (χ4n) is 1.04. The molecule has 0 saturated carbocycles. The molecular weight excluding hydrogens is 278 g/mol. The lowest BCUT2D eigenvalue weighted by Crippen LogP contribution is -2.27. The third-order valence-electron chi connectivity index (χ3n) is 1.84. The molecule has 0 amide bonds. The predicted octanol–water partition coefficient (Wildman–Crippen LogP) is 1.70. The molecule has 15 heavy (non-hydrogen) atoms. The molecule has 0 atom stereocenters. The van der Waals surface area contributed by atoms with Crippen molar-refractivity contribution in [2.45, 2.75) is 4.90 Å².